The molecule has 2 aliphatic carbocycles. The number of likely N-dealkylation sites (tertiary alicyclic amines) is 1. The molecule has 150 valence electrons. The number of aromatic nitrogens is 1. The number of anilines is 1. The van der Waals surface area contributed by atoms with Crippen molar-refractivity contribution >= 4 is 23.1 Å². The minimum absolute atomic E-state index is 0.106. The molecule has 3 heterocycles. The molecule has 3 fully saturated rings. The number of hydrogen-bond donors (Lipinski definition) is 2. The van der Waals surface area contributed by atoms with E-state index in [2.05, 4.69) is 26.8 Å². The maximum Gasteiger partial charge on any atom is 0.258 e. The first-order valence-electron chi connectivity index (χ1n) is 10.4. The zero-order valence-electron chi connectivity index (χ0n) is 16.5. The highest BCUT2D eigenvalue weighted by Gasteiger charge is 2.42. The van der Waals surface area contributed by atoms with Gasteiger partial charge < -0.3 is 20.1 Å². The van der Waals surface area contributed by atoms with Crippen LogP contribution in [0.2, 0.25) is 0 Å². The van der Waals surface area contributed by atoms with Gasteiger partial charge in [-0.2, -0.15) is 0 Å². The Bertz CT molecular complexity index is 864. The van der Waals surface area contributed by atoms with Crippen LogP contribution in [0.5, 0.6) is 0 Å². The first kappa shape index (κ1) is 18.3. The van der Waals surface area contributed by atoms with Gasteiger partial charge in [-0.3, -0.25) is 4.79 Å². The summed E-state index contributed by atoms with van der Waals surface area (Å²) in [5.74, 6) is 1.61. The number of thiophene rings is 1. The van der Waals surface area contributed by atoms with Gasteiger partial charge >= 0.3 is 0 Å². The van der Waals surface area contributed by atoms with E-state index in [4.69, 9.17) is 4.52 Å². The molecule has 1 amide bonds. The van der Waals surface area contributed by atoms with Crippen molar-refractivity contribution in [3.63, 3.8) is 0 Å². The normalized spacial score (nSPS) is 25.8. The Labute approximate surface area is 169 Å². The number of rotatable bonds is 6. The zero-order valence-corrected chi connectivity index (χ0v) is 17.3. The van der Waals surface area contributed by atoms with Gasteiger partial charge in [0.05, 0.1) is 5.56 Å². The number of carbonyl (C=O) groups is 1. The summed E-state index contributed by atoms with van der Waals surface area (Å²) in [5, 5.41) is 10.6. The van der Waals surface area contributed by atoms with Crippen molar-refractivity contribution in [3.05, 3.63) is 33.2 Å². The van der Waals surface area contributed by atoms with Gasteiger partial charge in [0, 0.05) is 39.9 Å². The van der Waals surface area contributed by atoms with Crippen LogP contribution in [0.1, 0.15) is 63.9 Å². The highest BCUT2D eigenvalue weighted by Crippen LogP contribution is 2.45. The monoisotopic (exact) mass is 400 g/mol. The van der Waals surface area contributed by atoms with E-state index in [1.54, 1.807) is 17.4 Å². The minimum atomic E-state index is -0.106. The van der Waals surface area contributed by atoms with E-state index < -0.39 is 0 Å². The summed E-state index contributed by atoms with van der Waals surface area (Å²) in [6.07, 6.45) is 6.55. The third-order valence-electron chi connectivity index (χ3n) is 6.25. The lowest BCUT2D eigenvalue weighted by molar-refractivity contribution is 0.102. The molecule has 2 saturated carbocycles. The number of carbonyl (C=O) groups excluding carboxylic acids is 1. The first-order chi connectivity index (χ1) is 13.6. The second-order valence-electron chi connectivity index (χ2n) is 8.55. The Morgan fingerprint density at radius 3 is 2.68 bits per heavy atom. The molecule has 2 atom stereocenters. The van der Waals surface area contributed by atoms with Crippen molar-refractivity contribution in [2.75, 3.05) is 18.4 Å². The number of amides is 1. The minimum Gasteiger partial charge on any atom is -0.360 e. The number of nitrogens with one attached hydrogen (secondary N) is 2. The van der Waals surface area contributed by atoms with Crippen LogP contribution in [-0.4, -0.2) is 47.2 Å². The fourth-order valence-electron chi connectivity index (χ4n) is 4.39. The van der Waals surface area contributed by atoms with Gasteiger partial charge in [-0.1, -0.05) is 5.16 Å². The second-order valence-corrected chi connectivity index (χ2v) is 9.84. The van der Waals surface area contributed by atoms with E-state index in [0.29, 0.717) is 29.6 Å². The molecule has 2 aromatic rings. The van der Waals surface area contributed by atoms with Crippen molar-refractivity contribution in [1.29, 1.82) is 0 Å². The summed E-state index contributed by atoms with van der Waals surface area (Å²) >= 11 is 1.75. The topological polar surface area (TPSA) is 70.4 Å². The van der Waals surface area contributed by atoms with E-state index in [9.17, 15) is 4.79 Å². The van der Waals surface area contributed by atoms with Gasteiger partial charge in [0.2, 0.25) is 0 Å². The summed E-state index contributed by atoms with van der Waals surface area (Å²) in [6, 6.07) is 5.93. The Kier molecular flexibility index (Phi) is 4.77. The Hall–Kier alpha value is -1.70. The van der Waals surface area contributed by atoms with E-state index >= 15 is 0 Å². The highest BCUT2D eigenvalue weighted by atomic mass is 32.1. The Balaban J connectivity index is 1.15. The van der Waals surface area contributed by atoms with Gasteiger partial charge in [0.1, 0.15) is 5.76 Å². The first-order valence-corrected chi connectivity index (χ1v) is 11.2. The van der Waals surface area contributed by atoms with Crippen LogP contribution in [0.25, 0.3) is 0 Å². The summed E-state index contributed by atoms with van der Waals surface area (Å²) < 4.78 is 5.02. The molecular weight excluding hydrogens is 372 g/mol. The van der Waals surface area contributed by atoms with Crippen LogP contribution in [0, 0.1) is 13.8 Å². The Morgan fingerprint density at radius 1 is 1.21 bits per heavy atom. The second kappa shape index (κ2) is 7.28. The van der Waals surface area contributed by atoms with Crippen molar-refractivity contribution in [2.24, 2.45) is 0 Å². The average molecular weight is 401 g/mol. The van der Waals surface area contributed by atoms with Crippen LogP contribution in [0.4, 0.5) is 5.82 Å². The molecule has 2 aromatic heterocycles. The molecule has 0 spiro atoms. The predicted octanol–water partition coefficient (Wildman–Crippen LogP) is 3.68. The summed E-state index contributed by atoms with van der Waals surface area (Å²) in [4.78, 5) is 17.6. The molecule has 6 nitrogen and oxygen atoms in total. The fourth-order valence-corrected chi connectivity index (χ4v) is 5.59. The largest absolute Gasteiger partial charge is 0.360 e. The smallest absolute Gasteiger partial charge is 0.258 e. The maximum atomic E-state index is 12.6. The number of nitrogens with zero attached hydrogens (tertiary/aromatic N) is 2. The van der Waals surface area contributed by atoms with Gasteiger partial charge in [0.25, 0.3) is 5.91 Å². The van der Waals surface area contributed by atoms with Crippen molar-refractivity contribution < 1.29 is 9.32 Å². The molecule has 5 rings (SSSR count). The third-order valence-corrected chi connectivity index (χ3v) is 7.43. The molecule has 0 radical (unpaired) electrons. The summed E-state index contributed by atoms with van der Waals surface area (Å²) in [7, 11) is 0. The molecule has 1 aliphatic heterocycles. The standard InChI is InChI=1S/C21H28N4O2S/c1-12-9-20(24-27-12)23-21(26)16-11-19(28-13(16)2)17-10-18(17)22-14-5-7-25(8-6-14)15-3-4-15/h9,11,14-15,17-18,22H,3-8,10H2,1-2H3,(H,23,24,26). The zero-order chi connectivity index (χ0) is 19.3. The van der Waals surface area contributed by atoms with Crippen LogP contribution in [0.15, 0.2) is 16.7 Å². The maximum absolute atomic E-state index is 12.6. The molecule has 2 N–H and O–H groups in total. The Morgan fingerprint density at radius 2 is 2.00 bits per heavy atom. The molecule has 3 aliphatic rings. The SMILES string of the molecule is Cc1cc(NC(=O)c2cc(C3CC3NC3CCN(C4CC4)CC3)sc2C)no1. The number of hydrogen-bond acceptors (Lipinski definition) is 6. The van der Waals surface area contributed by atoms with E-state index in [1.807, 2.05) is 13.8 Å². The molecule has 28 heavy (non-hydrogen) atoms. The molecule has 1 saturated heterocycles. The molecular formula is C21H28N4O2S. The van der Waals surface area contributed by atoms with Crippen LogP contribution >= 0.6 is 11.3 Å². The molecule has 0 aromatic carbocycles. The molecule has 2 unspecified atom stereocenters. The van der Waals surface area contributed by atoms with E-state index in [1.165, 1.54) is 50.1 Å². The number of aryl methyl sites for hydroxylation is 2. The molecule has 0 bridgehead atoms. The lowest BCUT2D eigenvalue weighted by Gasteiger charge is -2.32. The lowest BCUT2D eigenvalue weighted by atomic mass is 10.0. The van der Waals surface area contributed by atoms with E-state index in [0.717, 1.165) is 16.5 Å². The quantitative estimate of drug-likeness (QED) is 0.774. The van der Waals surface area contributed by atoms with Gasteiger partial charge in [-0.25, -0.2) is 0 Å². The van der Waals surface area contributed by atoms with Crippen molar-refractivity contribution in [1.82, 2.24) is 15.4 Å². The van der Waals surface area contributed by atoms with Gasteiger partial charge in [0.15, 0.2) is 5.82 Å². The highest BCUT2D eigenvalue weighted by molar-refractivity contribution is 7.12. The summed E-state index contributed by atoms with van der Waals surface area (Å²) in [6.45, 7) is 6.34. The fraction of sp³-hybridized carbons (Fsp3) is 0.619. The molecule has 7 heteroatoms. The van der Waals surface area contributed by atoms with Crippen molar-refractivity contribution in [2.45, 2.75) is 70.0 Å². The number of piperidine rings is 1. The van der Waals surface area contributed by atoms with Crippen LogP contribution in [0.3, 0.4) is 0 Å². The average Bonchev–Trinajstić information content (AvgIpc) is 3.58. The van der Waals surface area contributed by atoms with E-state index in [-0.39, 0.29) is 5.91 Å². The van der Waals surface area contributed by atoms with Crippen LogP contribution in [-0.2, 0) is 0 Å². The van der Waals surface area contributed by atoms with Gasteiger partial charge in [-0.15, -0.1) is 11.3 Å². The summed E-state index contributed by atoms with van der Waals surface area (Å²) in [5.41, 5.74) is 0.754. The third kappa shape index (κ3) is 3.88. The predicted molar refractivity (Wildman–Crippen MR) is 110 cm³/mol. The lowest BCUT2D eigenvalue weighted by Crippen LogP contribution is -2.44. The van der Waals surface area contributed by atoms with Crippen LogP contribution < -0.4 is 10.6 Å². The van der Waals surface area contributed by atoms with Gasteiger partial charge in [-0.05, 0) is 65.1 Å². The van der Waals surface area contributed by atoms with Crippen molar-refractivity contribution in [3.8, 4) is 0 Å².